The second-order valence-electron chi connectivity index (χ2n) is 10.7. The Bertz CT molecular complexity index is 1160. The number of phenols is 1. The van der Waals surface area contributed by atoms with Crippen molar-refractivity contribution in [1.29, 1.82) is 0 Å². The Labute approximate surface area is 210 Å². The van der Waals surface area contributed by atoms with Crippen LogP contribution in [0, 0.1) is 35.5 Å². The van der Waals surface area contributed by atoms with Gasteiger partial charge in [-0.1, -0.05) is 33.8 Å². The first-order valence-electron chi connectivity index (χ1n) is 12.6. The van der Waals surface area contributed by atoms with E-state index in [0.717, 1.165) is 18.7 Å². The van der Waals surface area contributed by atoms with Gasteiger partial charge >= 0.3 is 0 Å². The monoisotopic (exact) mass is 498 g/mol. The summed E-state index contributed by atoms with van der Waals surface area (Å²) in [7, 11) is 0. The number of Topliss-reactive ketones (excluding diaryl/α,β-unsaturated/α-hetero) is 4. The van der Waals surface area contributed by atoms with Crippen LogP contribution in [0.4, 0.5) is 0 Å². The number of rotatable bonds is 6. The highest BCUT2D eigenvalue weighted by atomic mass is 16.3. The minimum atomic E-state index is -2.66. The molecule has 2 unspecified atom stereocenters. The number of hydrogen-bond donors (Lipinski definition) is 3. The summed E-state index contributed by atoms with van der Waals surface area (Å²) in [6.07, 6.45) is 0.381. The van der Waals surface area contributed by atoms with Crippen LogP contribution in [0.2, 0.25) is 0 Å². The van der Waals surface area contributed by atoms with E-state index in [1.165, 1.54) is 6.07 Å². The van der Waals surface area contributed by atoms with Crippen LogP contribution in [0.15, 0.2) is 12.1 Å². The molecule has 36 heavy (non-hydrogen) atoms. The Morgan fingerprint density at radius 1 is 1.14 bits per heavy atom. The molecule has 194 valence electrons. The summed E-state index contributed by atoms with van der Waals surface area (Å²) in [4.78, 5) is 68.2. The van der Waals surface area contributed by atoms with Gasteiger partial charge in [-0.2, -0.15) is 0 Å². The molecular formula is C27H34N2O7. The van der Waals surface area contributed by atoms with Gasteiger partial charge in [0, 0.05) is 18.4 Å². The Hall–Kier alpha value is -2.91. The van der Waals surface area contributed by atoms with Crippen LogP contribution in [0.3, 0.4) is 0 Å². The summed E-state index contributed by atoms with van der Waals surface area (Å²) >= 11 is 0. The summed E-state index contributed by atoms with van der Waals surface area (Å²) in [6.45, 7) is 9.67. The van der Waals surface area contributed by atoms with Gasteiger partial charge in [-0.15, -0.1) is 0 Å². The lowest BCUT2D eigenvalue weighted by Crippen LogP contribution is -2.71. The molecular weight excluding hydrogens is 464 g/mol. The first kappa shape index (κ1) is 26.2. The van der Waals surface area contributed by atoms with Gasteiger partial charge in [-0.25, -0.2) is 0 Å². The SMILES string of the molecule is CCN(CC)Cc1ccc(O)c2c1C[C@H]1C[C@H]3[C@H](C(C)C)C(=O)C(C(N)=O)C(=O)[C@@]3(O)C(=O)C1C2=O. The Kier molecular flexibility index (Phi) is 6.68. The third kappa shape index (κ3) is 3.63. The van der Waals surface area contributed by atoms with Crippen molar-refractivity contribution in [3.05, 3.63) is 28.8 Å². The van der Waals surface area contributed by atoms with E-state index in [9.17, 15) is 34.2 Å². The van der Waals surface area contributed by atoms with Crippen molar-refractivity contribution in [3.63, 3.8) is 0 Å². The topological polar surface area (TPSA) is 155 Å². The first-order chi connectivity index (χ1) is 16.9. The van der Waals surface area contributed by atoms with Gasteiger partial charge < -0.3 is 15.9 Å². The van der Waals surface area contributed by atoms with Gasteiger partial charge in [0.1, 0.15) is 5.75 Å². The number of aromatic hydroxyl groups is 1. The first-order valence-corrected chi connectivity index (χ1v) is 12.6. The van der Waals surface area contributed by atoms with E-state index in [1.54, 1.807) is 19.9 Å². The average Bonchev–Trinajstić information content (AvgIpc) is 2.80. The molecule has 3 aliphatic rings. The van der Waals surface area contributed by atoms with Gasteiger partial charge in [0.05, 0.1) is 11.5 Å². The van der Waals surface area contributed by atoms with E-state index in [1.807, 2.05) is 13.8 Å². The van der Waals surface area contributed by atoms with Crippen molar-refractivity contribution in [2.45, 2.75) is 52.7 Å². The quantitative estimate of drug-likeness (QED) is 0.492. The van der Waals surface area contributed by atoms with E-state index in [4.69, 9.17) is 5.73 Å². The largest absolute Gasteiger partial charge is 0.507 e. The molecule has 0 saturated heterocycles. The Balaban J connectivity index is 1.83. The maximum absolute atomic E-state index is 13.8. The Morgan fingerprint density at radius 2 is 1.78 bits per heavy atom. The number of carbonyl (C=O) groups is 5. The molecule has 0 aliphatic heterocycles. The van der Waals surface area contributed by atoms with Gasteiger partial charge in [-0.05, 0) is 55.0 Å². The number of fused-ring (bicyclic) bond motifs is 3. The molecule has 2 saturated carbocycles. The van der Waals surface area contributed by atoms with Crippen LogP contribution in [-0.2, 0) is 32.1 Å². The zero-order valence-electron chi connectivity index (χ0n) is 21.1. The third-order valence-corrected chi connectivity index (χ3v) is 8.58. The van der Waals surface area contributed by atoms with Crippen LogP contribution in [-0.4, -0.2) is 62.8 Å². The van der Waals surface area contributed by atoms with Gasteiger partial charge in [-0.3, -0.25) is 28.9 Å². The molecule has 9 heteroatoms. The van der Waals surface area contributed by atoms with E-state index in [2.05, 4.69) is 4.90 Å². The van der Waals surface area contributed by atoms with Crippen molar-refractivity contribution in [2.75, 3.05) is 13.1 Å². The van der Waals surface area contributed by atoms with Crippen molar-refractivity contribution in [1.82, 2.24) is 4.90 Å². The lowest BCUT2D eigenvalue weighted by atomic mass is 9.49. The molecule has 0 heterocycles. The number of hydrogen-bond acceptors (Lipinski definition) is 8. The number of carbonyl (C=O) groups excluding carboxylic acids is 5. The molecule has 4 N–H and O–H groups in total. The Morgan fingerprint density at radius 3 is 2.33 bits per heavy atom. The standard InChI is InChI=1S/C27H34N2O7/c1-5-29(6-2)11-13-7-8-17(30)20-15(13)9-14-10-16-18(12(3)4)22(31)21(26(28)35)25(34)27(16,36)24(33)19(14)23(20)32/h7-8,12,14,16,18-19,21,30,36H,5-6,9-11H2,1-4H3,(H2,28,35)/t14-,16-,18-,19?,21?,27-/m0/s1. The molecule has 1 aromatic carbocycles. The molecule has 2 fully saturated rings. The van der Waals surface area contributed by atoms with Crippen LogP contribution >= 0.6 is 0 Å². The molecule has 4 rings (SSSR count). The normalized spacial score (nSPS) is 31.9. The van der Waals surface area contributed by atoms with Crippen molar-refractivity contribution in [2.24, 2.45) is 41.2 Å². The minimum Gasteiger partial charge on any atom is -0.507 e. The van der Waals surface area contributed by atoms with Crippen molar-refractivity contribution in [3.8, 4) is 5.75 Å². The second kappa shape index (κ2) is 9.19. The summed E-state index contributed by atoms with van der Waals surface area (Å²) < 4.78 is 0. The highest BCUT2D eigenvalue weighted by Crippen LogP contribution is 2.53. The molecule has 0 aromatic heterocycles. The number of primary amides is 1. The highest BCUT2D eigenvalue weighted by molar-refractivity contribution is 6.31. The predicted molar refractivity (Wildman–Crippen MR) is 129 cm³/mol. The number of phenolic OH excluding ortho intramolecular Hbond substituents is 1. The summed E-state index contributed by atoms with van der Waals surface area (Å²) in [5.41, 5.74) is 4.27. The molecule has 0 spiro atoms. The fourth-order valence-electron chi connectivity index (χ4n) is 6.75. The number of ketones is 4. The zero-order valence-corrected chi connectivity index (χ0v) is 21.1. The van der Waals surface area contributed by atoms with Crippen LogP contribution < -0.4 is 5.73 Å². The van der Waals surface area contributed by atoms with Crippen LogP contribution in [0.25, 0.3) is 0 Å². The molecule has 9 nitrogen and oxygen atoms in total. The molecule has 1 amide bonds. The maximum atomic E-state index is 13.8. The minimum absolute atomic E-state index is 0.0440. The molecule has 3 aliphatic carbocycles. The average molecular weight is 499 g/mol. The third-order valence-electron chi connectivity index (χ3n) is 8.58. The van der Waals surface area contributed by atoms with Crippen LogP contribution in [0.5, 0.6) is 5.75 Å². The van der Waals surface area contributed by atoms with E-state index in [-0.39, 0.29) is 23.7 Å². The van der Waals surface area contributed by atoms with E-state index >= 15 is 0 Å². The summed E-state index contributed by atoms with van der Waals surface area (Å²) in [5, 5.41) is 22.2. The smallest absolute Gasteiger partial charge is 0.235 e. The van der Waals surface area contributed by atoms with E-state index in [0.29, 0.717) is 18.5 Å². The lowest BCUT2D eigenvalue weighted by molar-refractivity contribution is -0.182. The number of nitrogens with two attached hydrogens (primary N) is 1. The summed E-state index contributed by atoms with van der Waals surface area (Å²) in [5.74, 6) is -11.2. The number of aliphatic hydroxyl groups is 1. The molecule has 0 bridgehead atoms. The molecule has 0 radical (unpaired) electrons. The van der Waals surface area contributed by atoms with Gasteiger partial charge in [0.15, 0.2) is 34.7 Å². The number of benzene rings is 1. The fourth-order valence-corrected chi connectivity index (χ4v) is 6.75. The number of nitrogens with zero attached hydrogens (tertiary/aromatic N) is 1. The lowest BCUT2D eigenvalue weighted by Gasteiger charge is -2.52. The van der Waals surface area contributed by atoms with Crippen molar-refractivity contribution >= 4 is 29.0 Å². The molecule has 6 atom stereocenters. The zero-order chi connectivity index (χ0) is 26.7. The maximum Gasteiger partial charge on any atom is 0.235 e. The van der Waals surface area contributed by atoms with E-state index < -0.39 is 64.2 Å². The summed E-state index contributed by atoms with van der Waals surface area (Å²) in [6, 6.07) is 3.21. The molecule has 1 aromatic rings. The number of amides is 1. The fraction of sp³-hybridized carbons (Fsp3) is 0.593. The van der Waals surface area contributed by atoms with Crippen molar-refractivity contribution < 1.29 is 34.2 Å². The van der Waals surface area contributed by atoms with Crippen LogP contribution in [0.1, 0.15) is 55.6 Å². The predicted octanol–water partition coefficient (Wildman–Crippen LogP) is 1.05. The second-order valence-corrected chi connectivity index (χ2v) is 10.7. The highest BCUT2D eigenvalue weighted by Gasteiger charge is 2.69. The van der Waals surface area contributed by atoms with Gasteiger partial charge in [0.2, 0.25) is 5.91 Å². The van der Waals surface area contributed by atoms with Gasteiger partial charge in [0.25, 0.3) is 0 Å².